The SMILES string of the molecule is CC(C)(C)c1cc2c(cc1O)C1(C)c3ccccc3C2(C)c2cc(O)c(CN3C(=O)C4CC5OC6CC7C(CC6OC5CC4C3=O)C3(CC7(C)C)CC(C)(C)C4CC5OC6CC7C(=O)N(C(C)(C)C)C(=O)C7CC6OC5CC43)cc21. The van der Waals surface area contributed by atoms with Gasteiger partial charge in [0.2, 0.25) is 23.6 Å². The zero-order chi connectivity index (χ0) is 56.2. The van der Waals surface area contributed by atoms with Crippen molar-refractivity contribution >= 4 is 23.6 Å². The first-order valence-corrected chi connectivity index (χ1v) is 30.7. The number of benzene rings is 3. The number of phenols is 2. The van der Waals surface area contributed by atoms with Crippen molar-refractivity contribution in [1.82, 2.24) is 9.80 Å². The highest BCUT2D eigenvalue weighted by molar-refractivity contribution is 6.06. The van der Waals surface area contributed by atoms with E-state index >= 15 is 0 Å². The van der Waals surface area contributed by atoms with Gasteiger partial charge >= 0.3 is 0 Å². The summed E-state index contributed by atoms with van der Waals surface area (Å²) in [5.41, 5.74) is 5.97. The van der Waals surface area contributed by atoms with Gasteiger partial charge in [-0.2, -0.15) is 0 Å². The van der Waals surface area contributed by atoms with E-state index in [-0.39, 0.29) is 124 Å². The highest BCUT2D eigenvalue weighted by atomic mass is 16.6. The molecule has 4 heterocycles. The summed E-state index contributed by atoms with van der Waals surface area (Å²) >= 11 is 0. The number of rotatable bonds is 2. The van der Waals surface area contributed by atoms with Crippen LogP contribution in [0.5, 0.6) is 11.5 Å². The lowest BCUT2D eigenvalue weighted by Crippen LogP contribution is -2.59. The fourth-order valence-corrected chi connectivity index (χ4v) is 21.3. The van der Waals surface area contributed by atoms with Gasteiger partial charge < -0.3 is 29.2 Å². The van der Waals surface area contributed by atoms with E-state index in [1.165, 1.54) is 15.4 Å². The summed E-state index contributed by atoms with van der Waals surface area (Å²) in [6.45, 7) is 26.5. The Kier molecular flexibility index (Phi) is 10.7. The predicted molar refractivity (Wildman–Crippen MR) is 298 cm³/mol. The largest absolute Gasteiger partial charge is 0.508 e. The number of phenolic OH excluding ortho intramolecular Hbond substituents is 2. The molecule has 0 aromatic heterocycles. The molecule has 4 saturated heterocycles. The number of carbonyl (C=O) groups is 4. The Labute approximate surface area is 472 Å². The molecule has 4 aliphatic heterocycles. The van der Waals surface area contributed by atoms with Gasteiger partial charge in [-0.3, -0.25) is 29.0 Å². The van der Waals surface area contributed by atoms with Gasteiger partial charge in [0.05, 0.1) is 79.0 Å². The summed E-state index contributed by atoms with van der Waals surface area (Å²) in [5, 5.41) is 23.7. The molecule has 3 aromatic carbocycles. The molecule has 19 atom stereocenters. The number of nitrogens with zero attached hydrogens (tertiary/aromatic N) is 2. The Bertz CT molecular complexity index is 3240. The quantitative estimate of drug-likeness (QED) is 0.237. The molecule has 10 fully saturated rings. The Morgan fingerprint density at radius 1 is 0.475 bits per heavy atom. The van der Waals surface area contributed by atoms with Crippen LogP contribution in [0.25, 0.3) is 0 Å². The summed E-state index contributed by atoms with van der Waals surface area (Å²) in [6.07, 6.45) is 6.73. The zero-order valence-corrected chi connectivity index (χ0v) is 49.2. The van der Waals surface area contributed by atoms with E-state index in [1.54, 1.807) is 0 Å². The molecule has 16 rings (SSSR count). The normalized spacial score (nSPS) is 43.1. The molecule has 1 spiro atoms. The van der Waals surface area contributed by atoms with Crippen molar-refractivity contribution in [2.45, 2.75) is 224 Å². The summed E-state index contributed by atoms with van der Waals surface area (Å²) < 4.78 is 28.7. The molecule has 6 saturated carbocycles. The standard InChI is InChI=1S/C68H84N2O10/c1-62(2,3)47-22-42-44(24-49(47)72)66(11)37-15-13-14-16-38(37)67(42,12)43-23-48(71)32(17-41(43)66)29-69-58(73)33-18-50-51(19-34(33)59(69)74)79-56-27-45-39(25-54(56)77-50)64(7,8)30-68(45)31-65(9,10)40-26-55-57(28-46(40)68)80-53-21-36-35(20-52(53)78-55)60(75)70(61(36)76)63(4,5)6/h13-17,22-24,33-36,39-40,45-46,50-57,71-72H,18-21,25-31H2,1-12H3. The number of carbonyl (C=O) groups excluding carboxylic acids is 4. The van der Waals surface area contributed by atoms with Crippen molar-refractivity contribution in [3.63, 3.8) is 0 Å². The molecule has 3 aromatic rings. The molecule has 19 unspecified atom stereocenters. The van der Waals surface area contributed by atoms with E-state index in [0.29, 0.717) is 54.9 Å². The number of fused-ring (bicyclic) bond motifs is 10. The molecule has 0 radical (unpaired) electrons. The second-order valence-electron chi connectivity index (χ2n) is 31.6. The fraction of sp³-hybridized carbons (Fsp3) is 0.676. The number of likely N-dealkylation sites (tertiary alicyclic amines) is 2. The van der Waals surface area contributed by atoms with E-state index in [9.17, 15) is 29.4 Å². The maximum absolute atomic E-state index is 14.8. The van der Waals surface area contributed by atoms with Gasteiger partial charge in [-0.25, -0.2) is 0 Å². The van der Waals surface area contributed by atoms with Gasteiger partial charge in [0.15, 0.2) is 0 Å². The highest BCUT2D eigenvalue weighted by Gasteiger charge is 2.72. The maximum Gasteiger partial charge on any atom is 0.233 e. The Balaban J connectivity index is 0.667. The second kappa shape index (κ2) is 16.4. The Hall–Kier alpha value is -4.62. The van der Waals surface area contributed by atoms with Crippen LogP contribution in [0.1, 0.15) is 192 Å². The Morgan fingerprint density at radius 2 is 0.838 bits per heavy atom. The van der Waals surface area contributed by atoms with Crippen LogP contribution >= 0.6 is 0 Å². The van der Waals surface area contributed by atoms with E-state index in [4.69, 9.17) is 18.9 Å². The van der Waals surface area contributed by atoms with Crippen LogP contribution in [-0.2, 0) is 60.9 Å². The predicted octanol–water partition coefficient (Wildman–Crippen LogP) is 10.8. The minimum absolute atomic E-state index is 0.0284. The van der Waals surface area contributed by atoms with E-state index in [1.807, 2.05) is 39.0 Å². The summed E-state index contributed by atoms with van der Waals surface area (Å²) in [4.78, 5) is 59.9. The lowest BCUT2D eigenvalue weighted by atomic mass is 9.47. The monoisotopic (exact) mass is 1090 g/mol. The van der Waals surface area contributed by atoms with Gasteiger partial charge in [0.1, 0.15) is 11.5 Å². The number of aromatic hydroxyl groups is 2. The lowest BCUT2D eigenvalue weighted by Gasteiger charge is -2.54. The summed E-state index contributed by atoms with van der Waals surface area (Å²) in [7, 11) is 0. The second-order valence-corrected chi connectivity index (χ2v) is 31.6. The molecule has 426 valence electrons. The number of amides is 4. The molecule has 4 amide bonds. The third-order valence-corrected chi connectivity index (χ3v) is 24.5. The molecular weight excluding hydrogens is 1000 g/mol. The zero-order valence-electron chi connectivity index (χ0n) is 49.2. The first kappa shape index (κ1) is 52.2. The Morgan fingerprint density at radius 3 is 1.25 bits per heavy atom. The molecular formula is C68H84N2O10. The van der Waals surface area contributed by atoms with Crippen molar-refractivity contribution in [1.29, 1.82) is 0 Å². The van der Waals surface area contributed by atoms with Crippen LogP contribution in [0.15, 0.2) is 48.5 Å². The van der Waals surface area contributed by atoms with Gasteiger partial charge in [-0.1, -0.05) is 78.8 Å². The van der Waals surface area contributed by atoms with E-state index < -0.39 is 28.2 Å². The van der Waals surface area contributed by atoms with Crippen LogP contribution < -0.4 is 0 Å². The number of imide groups is 2. The van der Waals surface area contributed by atoms with Crippen LogP contribution in [-0.4, -0.2) is 98.0 Å². The molecule has 12 heteroatoms. The van der Waals surface area contributed by atoms with Gasteiger partial charge in [-0.15, -0.1) is 0 Å². The van der Waals surface area contributed by atoms with E-state index in [0.717, 1.165) is 71.9 Å². The van der Waals surface area contributed by atoms with Crippen LogP contribution in [0.3, 0.4) is 0 Å². The van der Waals surface area contributed by atoms with Crippen molar-refractivity contribution < 1.29 is 48.3 Å². The number of hydrogen-bond acceptors (Lipinski definition) is 10. The fourth-order valence-electron chi connectivity index (χ4n) is 21.3. The van der Waals surface area contributed by atoms with Crippen molar-refractivity contribution in [2.24, 2.45) is 63.6 Å². The molecule has 2 N–H and O–H groups in total. The van der Waals surface area contributed by atoms with Gasteiger partial charge in [-0.05, 0) is 201 Å². The third kappa shape index (κ3) is 6.77. The van der Waals surface area contributed by atoms with Crippen molar-refractivity contribution in [3.05, 3.63) is 93.0 Å². The van der Waals surface area contributed by atoms with E-state index in [2.05, 4.69) is 92.6 Å². The minimum atomic E-state index is -0.674. The third-order valence-electron chi connectivity index (χ3n) is 24.5. The van der Waals surface area contributed by atoms with Crippen LogP contribution in [0.4, 0.5) is 0 Å². The van der Waals surface area contributed by atoms with Crippen molar-refractivity contribution in [2.75, 3.05) is 0 Å². The molecule has 80 heavy (non-hydrogen) atoms. The molecule has 13 aliphatic rings. The van der Waals surface area contributed by atoms with Crippen LogP contribution in [0, 0.1) is 63.6 Å². The number of ether oxygens (including phenoxy) is 4. The summed E-state index contributed by atoms with van der Waals surface area (Å²) in [5.74, 6) is -0.108. The minimum Gasteiger partial charge on any atom is -0.508 e. The van der Waals surface area contributed by atoms with Crippen LogP contribution in [0.2, 0.25) is 0 Å². The van der Waals surface area contributed by atoms with Crippen molar-refractivity contribution in [3.8, 4) is 11.5 Å². The average molecular weight is 1090 g/mol. The summed E-state index contributed by atoms with van der Waals surface area (Å²) in [6, 6.07) is 16.5. The first-order chi connectivity index (χ1) is 37.5. The molecule has 12 nitrogen and oxygen atoms in total. The first-order valence-electron chi connectivity index (χ1n) is 30.7. The average Bonchev–Trinajstić information content (AvgIpc) is 1.06. The molecule has 9 aliphatic carbocycles. The highest BCUT2D eigenvalue weighted by Crippen LogP contribution is 2.76. The van der Waals surface area contributed by atoms with Gasteiger partial charge in [0, 0.05) is 21.9 Å². The maximum atomic E-state index is 14.8. The number of hydrogen-bond donors (Lipinski definition) is 2. The smallest absolute Gasteiger partial charge is 0.233 e. The topological polar surface area (TPSA) is 152 Å². The lowest BCUT2D eigenvalue weighted by molar-refractivity contribution is -0.266. The van der Waals surface area contributed by atoms with Gasteiger partial charge in [0.25, 0.3) is 0 Å². The molecule has 2 bridgehead atoms.